The largest absolute Gasteiger partial charge is 0.352 e. The fraction of sp³-hybridized carbons (Fsp3) is 0.591. The molecule has 0 radical (unpaired) electrons. The lowest BCUT2D eigenvalue weighted by Gasteiger charge is -2.34. The van der Waals surface area contributed by atoms with E-state index in [9.17, 15) is 9.18 Å². The number of carbonyl (C=O) groups excluding carboxylic acids is 1. The first kappa shape index (κ1) is 21.8. The molecule has 1 aliphatic carbocycles. The predicted octanol–water partition coefficient (Wildman–Crippen LogP) is 4.77. The fourth-order valence-electron chi connectivity index (χ4n) is 3.93. The highest BCUT2D eigenvalue weighted by Gasteiger charge is 2.28. The molecular formula is C22H31FN4OS. The number of rotatable bonds is 7. The third-order valence-electron chi connectivity index (χ3n) is 5.76. The number of amides is 1. The summed E-state index contributed by atoms with van der Waals surface area (Å²) in [6, 6.07) is 6.84. The highest BCUT2D eigenvalue weighted by molar-refractivity contribution is 7.99. The van der Waals surface area contributed by atoms with Gasteiger partial charge in [-0.25, -0.2) is 4.39 Å². The molecule has 0 spiro atoms. The van der Waals surface area contributed by atoms with E-state index in [2.05, 4.69) is 43.2 Å². The van der Waals surface area contributed by atoms with Crippen LogP contribution in [0.2, 0.25) is 0 Å². The minimum absolute atomic E-state index is 0.0208. The molecule has 1 N–H and O–H groups in total. The molecule has 3 atom stereocenters. The zero-order valence-corrected chi connectivity index (χ0v) is 18.5. The summed E-state index contributed by atoms with van der Waals surface area (Å²) in [5.74, 6) is 1.97. The lowest BCUT2D eigenvalue weighted by molar-refractivity contribution is -0.120. The molecule has 0 saturated heterocycles. The smallest absolute Gasteiger partial charge is 0.230 e. The first-order valence-corrected chi connectivity index (χ1v) is 11.5. The molecule has 3 rings (SSSR count). The van der Waals surface area contributed by atoms with Crippen LogP contribution < -0.4 is 5.32 Å². The van der Waals surface area contributed by atoms with Gasteiger partial charge in [0.25, 0.3) is 0 Å². The summed E-state index contributed by atoms with van der Waals surface area (Å²) < 4.78 is 16.2. The standard InChI is InChI=1S/C22H31FN4OS/c1-14(2)12-27-21(17-9-5-6-10-18(17)23)25-26-22(27)29-13-20(28)24-19-11-7-8-15(3)16(19)4/h5-6,9-10,14-16,19H,7-8,11-13H2,1-4H3,(H,24,28)/t15-,16-,19+/m1/s1. The second-order valence-corrected chi connectivity index (χ2v) is 9.46. The van der Waals surface area contributed by atoms with Gasteiger partial charge in [0.2, 0.25) is 5.91 Å². The molecule has 158 valence electrons. The summed E-state index contributed by atoms with van der Waals surface area (Å²) in [7, 11) is 0. The Morgan fingerprint density at radius 2 is 2.03 bits per heavy atom. The molecule has 1 heterocycles. The molecule has 1 aromatic carbocycles. The van der Waals surface area contributed by atoms with Crippen molar-refractivity contribution in [1.29, 1.82) is 0 Å². The van der Waals surface area contributed by atoms with E-state index in [1.165, 1.54) is 24.2 Å². The van der Waals surface area contributed by atoms with E-state index in [1.54, 1.807) is 18.2 Å². The molecule has 0 unspecified atom stereocenters. The minimum atomic E-state index is -0.320. The Hall–Kier alpha value is -1.89. The van der Waals surface area contributed by atoms with E-state index in [4.69, 9.17) is 0 Å². The van der Waals surface area contributed by atoms with Gasteiger partial charge in [0.05, 0.1) is 11.3 Å². The van der Waals surface area contributed by atoms with Crippen LogP contribution in [0.1, 0.15) is 47.0 Å². The number of aromatic nitrogens is 3. The van der Waals surface area contributed by atoms with Crippen molar-refractivity contribution in [1.82, 2.24) is 20.1 Å². The number of hydrogen-bond donors (Lipinski definition) is 1. The molecular weight excluding hydrogens is 387 g/mol. The van der Waals surface area contributed by atoms with E-state index in [0.29, 0.717) is 40.8 Å². The first-order valence-electron chi connectivity index (χ1n) is 10.5. The molecule has 0 aliphatic heterocycles. The van der Waals surface area contributed by atoms with Crippen LogP contribution in [0.4, 0.5) is 4.39 Å². The number of thioether (sulfide) groups is 1. The Labute approximate surface area is 176 Å². The number of benzene rings is 1. The van der Waals surface area contributed by atoms with E-state index >= 15 is 0 Å². The lowest BCUT2D eigenvalue weighted by atomic mass is 9.78. The molecule has 1 fully saturated rings. The summed E-state index contributed by atoms with van der Waals surface area (Å²) >= 11 is 1.36. The van der Waals surface area contributed by atoms with Gasteiger partial charge >= 0.3 is 0 Å². The Morgan fingerprint density at radius 1 is 1.28 bits per heavy atom. The van der Waals surface area contributed by atoms with Gasteiger partial charge in [0, 0.05) is 12.6 Å². The van der Waals surface area contributed by atoms with Crippen molar-refractivity contribution in [2.24, 2.45) is 17.8 Å². The van der Waals surface area contributed by atoms with Gasteiger partial charge in [0.15, 0.2) is 11.0 Å². The zero-order chi connectivity index (χ0) is 21.0. The van der Waals surface area contributed by atoms with Crippen LogP contribution in [0.3, 0.4) is 0 Å². The van der Waals surface area contributed by atoms with Crippen molar-refractivity contribution < 1.29 is 9.18 Å². The van der Waals surface area contributed by atoms with Crippen LogP contribution in [-0.4, -0.2) is 32.5 Å². The second kappa shape index (κ2) is 9.74. The van der Waals surface area contributed by atoms with Crippen LogP contribution in [0.15, 0.2) is 29.4 Å². The zero-order valence-electron chi connectivity index (χ0n) is 17.7. The van der Waals surface area contributed by atoms with Gasteiger partial charge in [-0.15, -0.1) is 10.2 Å². The topological polar surface area (TPSA) is 59.8 Å². The molecule has 7 heteroatoms. The van der Waals surface area contributed by atoms with Crippen molar-refractivity contribution in [3.05, 3.63) is 30.1 Å². The van der Waals surface area contributed by atoms with Crippen LogP contribution >= 0.6 is 11.8 Å². The molecule has 1 amide bonds. The summed E-state index contributed by atoms with van der Waals surface area (Å²) in [5, 5.41) is 12.3. The van der Waals surface area contributed by atoms with Crippen LogP contribution in [0.25, 0.3) is 11.4 Å². The number of halogens is 1. The van der Waals surface area contributed by atoms with Crippen molar-refractivity contribution in [2.45, 2.75) is 64.7 Å². The van der Waals surface area contributed by atoms with Crippen molar-refractivity contribution in [3.63, 3.8) is 0 Å². The third-order valence-corrected chi connectivity index (χ3v) is 6.73. The van der Waals surface area contributed by atoms with Gasteiger partial charge in [0.1, 0.15) is 5.82 Å². The summed E-state index contributed by atoms with van der Waals surface area (Å²) in [6.07, 6.45) is 3.45. The summed E-state index contributed by atoms with van der Waals surface area (Å²) in [5.41, 5.74) is 0.432. The average molecular weight is 419 g/mol. The Morgan fingerprint density at radius 3 is 2.76 bits per heavy atom. The predicted molar refractivity (Wildman–Crippen MR) is 115 cm³/mol. The van der Waals surface area contributed by atoms with E-state index in [-0.39, 0.29) is 23.5 Å². The molecule has 2 aromatic rings. The van der Waals surface area contributed by atoms with Gasteiger partial charge in [-0.2, -0.15) is 0 Å². The normalized spacial score (nSPS) is 22.1. The fourth-order valence-corrected chi connectivity index (χ4v) is 4.69. The van der Waals surface area contributed by atoms with Crippen LogP contribution in [0.5, 0.6) is 0 Å². The van der Waals surface area contributed by atoms with Gasteiger partial charge < -0.3 is 9.88 Å². The minimum Gasteiger partial charge on any atom is -0.352 e. The quantitative estimate of drug-likeness (QED) is 0.658. The molecule has 1 aromatic heterocycles. The van der Waals surface area contributed by atoms with E-state index in [0.717, 1.165) is 12.8 Å². The molecule has 1 saturated carbocycles. The lowest BCUT2D eigenvalue weighted by Crippen LogP contribution is -2.44. The molecule has 1 aliphatic rings. The number of hydrogen-bond acceptors (Lipinski definition) is 4. The third kappa shape index (κ3) is 5.38. The maximum Gasteiger partial charge on any atom is 0.230 e. The highest BCUT2D eigenvalue weighted by atomic mass is 32.2. The number of nitrogens with zero attached hydrogens (tertiary/aromatic N) is 3. The van der Waals surface area contributed by atoms with Gasteiger partial charge in [-0.3, -0.25) is 4.79 Å². The van der Waals surface area contributed by atoms with Crippen molar-refractivity contribution in [2.75, 3.05) is 5.75 Å². The maximum absolute atomic E-state index is 14.3. The maximum atomic E-state index is 14.3. The Bertz CT molecular complexity index is 838. The molecule has 29 heavy (non-hydrogen) atoms. The molecule has 5 nitrogen and oxygen atoms in total. The van der Waals surface area contributed by atoms with Crippen molar-refractivity contribution in [3.8, 4) is 11.4 Å². The number of nitrogens with one attached hydrogen (secondary N) is 1. The Kier molecular flexibility index (Phi) is 7.33. The van der Waals surface area contributed by atoms with E-state index in [1.807, 2.05) is 4.57 Å². The van der Waals surface area contributed by atoms with Crippen LogP contribution in [-0.2, 0) is 11.3 Å². The Balaban J connectivity index is 1.70. The highest BCUT2D eigenvalue weighted by Crippen LogP contribution is 2.30. The SMILES string of the molecule is CC(C)Cn1c(SCC(=O)N[C@H]2CCC[C@@H](C)[C@H]2C)nnc1-c1ccccc1F. The average Bonchev–Trinajstić information content (AvgIpc) is 3.06. The van der Waals surface area contributed by atoms with Crippen molar-refractivity contribution >= 4 is 17.7 Å². The monoisotopic (exact) mass is 418 g/mol. The summed E-state index contributed by atoms with van der Waals surface area (Å²) in [4.78, 5) is 12.6. The first-order chi connectivity index (χ1) is 13.9. The van der Waals surface area contributed by atoms with Gasteiger partial charge in [-0.1, -0.05) is 64.4 Å². The molecule has 0 bridgehead atoms. The summed E-state index contributed by atoms with van der Waals surface area (Å²) in [6.45, 7) is 9.34. The van der Waals surface area contributed by atoms with E-state index < -0.39 is 0 Å². The number of carbonyl (C=O) groups is 1. The van der Waals surface area contributed by atoms with Crippen LogP contribution in [0, 0.1) is 23.6 Å². The van der Waals surface area contributed by atoms with Gasteiger partial charge in [-0.05, 0) is 36.3 Å². The second-order valence-electron chi connectivity index (χ2n) is 8.52.